The second-order valence-electron chi connectivity index (χ2n) is 5.97. The van der Waals surface area contributed by atoms with Gasteiger partial charge in [0.2, 0.25) is 0 Å². The Morgan fingerprint density at radius 2 is 1.83 bits per heavy atom. The first-order chi connectivity index (χ1) is 11.0. The van der Waals surface area contributed by atoms with Crippen LogP contribution in [0.5, 0.6) is 0 Å². The van der Waals surface area contributed by atoms with E-state index in [1.807, 2.05) is 32.0 Å². The zero-order valence-corrected chi connectivity index (χ0v) is 16.6. The van der Waals surface area contributed by atoms with E-state index in [9.17, 15) is 4.79 Å². The molecule has 126 valence electrons. The van der Waals surface area contributed by atoms with Gasteiger partial charge in [0.15, 0.2) is 10.9 Å². The predicted molar refractivity (Wildman–Crippen MR) is 97.8 cm³/mol. The molecule has 1 aromatic heterocycles. The number of hydrogen-bond acceptors (Lipinski definition) is 4. The van der Waals surface area contributed by atoms with Gasteiger partial charge in [-0.2, -0.15) is 0 Å². The fourth-order valence-electron chi connectivity index (χ4n) is 2.68. The summed E-state index contributed by atoms with van der Waals surface area (Å²) in [6.45, 7) is 8.45. The number of nitrogens with zero attached hydrogens (tertiary/aromatic N) is 1. The maximum Gasteiger partial charge on any atom is 0.184 e. The number of aryl methyl sites for hydroxylation is 4. The lowest BCUT2D eigenvalue weighted by Crippen LogP contribution is -3.00. The third-order valence-electron chi connectivity index (χ3n) is 4.17. The topological polar surface area (TPSA) is 42.0 Å². The molecule has 0 amide bonds. The number of halogens is 1. The molecular formula is C19H20BrN2OS-. The minimum absolute atomic E-state index is 0. The predicted octanol–water partition coefficient (Wildman–Crippen LogP) is 1.83. The molecular weight excluding hydrogens is 384 g/mol. The second kappa shape index (κ2) is 7.45. The van der Waals surface area contributed by atoms with Crippen LogP contribution in [0, 0.1) is 27.7 Å². The van der Waals surface area contributed by atoms with Crippen molar-refractivity contribution in [3.05, 3.63) is 58.1 Å². The summed E-state index contributed by atoms with van der Waals surface area (Å²) in [6, 6.07) is 10.1. The SMILES string of the molecule is Cc1ccc(C(=O)CNc2nc3c(C)c(C)ccc3s2)c(C)c1.[Br-]. The van der Waals surface area contributed by atoms with Gasteiger partial charge < -0.3 is 22.3 Å². The van der Waals surface area contributed by atoms with Crippen molar-refractivity contribution in [1.29, 1.82) is 0 Å². The van der Waals surface area contributed by atoms with Crippen LogP contribution < -0.4 is 22.3 Å². The van der Waals surface area contributed by atoms with E-state index in [1.165, 1.54) is 16.7 Å². The molecule has 0 radical (unpaired) electrons. The van der Waals surface area contributed by atoms with Crippen molar-refractivity contribution in [2.24, 2.45) is 0 Å². The molecule has 0 saturated heterocycles. The van der Waals surface area contributed by atoms with E-state index in [0.717, 1.165) is 26.5 Å². The van der Waals surface area contributed by atoms with Gasteiger partial charge in [-0.3, -0.25) is 4.79 Å². The lowest BCUT2D eigenvalue weighted by Gasteiger charge is -2.06. The van der Waals surface area contributed by atoms with E-state index in [0.29, 0.717) is 0 Å². The third-order valence-corrected chi connectivity index (χ3v) is 5.15. The van der Waals surface area contributed by atoms with Gasteiger partial charge in [0.25, 0.3) is 0 Å². The summed E-state index contributed by atoms with van der Waals surface area (Å²) in [4.78, 5) is 17.0. The minimum Gasteiger partial charge on any atom is -1.00 e. The van der Waals surface area contributed by atoms with Gasteiger partial charge in [-0.05, 0) is 50.5 Å². The van der Waals surface area contributed by atoms with Gasteiger partial charge in [0, 0.05) is 5.56 Å². The number of anilines is 1. The molecule has 0 atom stereocenters. The van der Waals surface area contributed by atoms with Crippen LogP contribution in [0.3, 0.4) is 0 Å². The van der Waals surface area contributed by atoms with Crippen LogP contribution in [0.25, 0.3) is 10.2 Å². The van der Waals surface area contributed by atoms with Crippen LogP contribution in [-0.4, -0.2) is 17.3 Å². The summed E-state index contributed by atoms with van der Waals surface area (Å²) in [6.07, 6.45) is 0. The first-order valence-corrected chi connectivity index (χ1v) is 8.48. The van der Waals surface area contributed by atoms with Crippen LogP contribution in [0.15, 0.2) is 30.3 Å². The lowest BCUT2D eigenvalue weighted by molar-refractivity contribution is -0.0000126. The maximum absolute atomic E-state index is 12.4. The molecule has 0 bridgehead atoms. The number of nitrogens with one attached hydrogen (secondary N) is 1. The molecule has 2 aromatic carbocycles. The summed E-state index contributed by atoms with van der Waals surface area (Å²) in [5.74, 6) is 0.0923. The van der Waals surface area contributed by atoms with Crippen molar-refractivity contribution >= 4 is 32.5 Å². The summed E-state index contributed by atoms with van der Waals surface area (Å²) >= 11 is 1.59. The first kappa shape index (κ1) is 18.6. The van der Waals surface area contributed by atoms with Crippen molar-refractivity contribution in [2.45, 2.75) is 27.7 Å². The number of benzene rings is 2. The number of carbonyl (C=O) groups excluding carboxylic acids is 1. The van der Waals surface area contributed by atoms with E-state index in [-0.39, 0.29) is 29.3 Å². The van der Waals surface area contributed by atoms with Gasteiger partial charge in [-0.1, -0.05) is 41.2 Å². The van der Waals surface area contributed by atoms with E-state index in [2.05, 4.69) is 36.3 Å². The van der Waals surface area contributed by atoms with E-state index in [4.69, 9.17) is 0 Å². The Hall–Kier alpha value is -1.72. The second-order valence-corrected chi connectivity index (χ2v) is 7.00. The van der Waals surface area contributed by atoms with Crippen LogP contribution in [0.1, 0.15) is 32.6 Å². The smallest absolute Gasteiger partial charge is 0.184 e. The molecule has 1 heterocycles. The number of Topliss-reactive ketones (excluding diaryl/α,β-unsaturated/α-hetero) is 1. The largest absolute Gasteiger partial charge is 1.00 e. The highest BCUT2D eigenvalue weighted by Crippen LogP contribution is 2.29. The van der Waals surface area contributed by atoms with Crippen molar-refractivity contribution in [3.63, 3.8) is 0 Å². The normalized spacial score (nSPS) is 10.5. The zero-order chi connectivity index (χ0) is 16.6. The Morgan fingerprint density at radius 3 is 2.54 bits per heavy atom. The van der Waals surface area contributed by atoms with Crippen LogP contribution >= 0.6 is 11.3 Å². The number of rotatable bonds is 4. The number of fused-ring (bicyclic) bond motifs is 1. The monoisotopic (exact) mass is 403 g/mol. The summed E-state index contributed by atoms with van der Waals surface area (Å²) in [7, 11) is 0. The van der Waals surface area contributed by atoms with Crippen LogP contribution in [-0.2, 0) is 0 Å². The molecule has 0 spiro atoms. The van der Waals surface area contributed by atoms with Crippen LogP contribution in [0.2, 0.25) is 0 Å². The van der Waals surface area contributed by atoms with Crippen molar-refractivity contribution in [3.8, 4) is 0 Å². The molecule has 0 fully saturated rings. The zero-order valence-electron chi connectivity index (χ0n) is 14.2. The highest BCUT2D eigenvalue weighted by Gasteiger charge is 2.11. The molecule has 3 rings (SSSR count). The molecule has 0 unspecified atom stereocenters. The summed E-state index contributed by atoms with van der Waals surface area (Å²) < 4.78 is 1.15. The minimum atomic E-state index is 0. The highest BCUT2D eigenvalue weighted by molar-refractivity contribution is 7.22. The number of ketones is 1. The molecule has 5 heteroatoms. The maximum atomic E-state index is 12.4. The third kappa shape index (κ3) is 3.68. The molecule has 24 heavy (non-hydrogen) atoms. The molecule has 0 saturated carbocycles. The van der Waals surface area contributed by atoms with E-state index in [1.54, 1.807) is 11.3 Å². The average Bonchev–Trinajstić information content (AvgIpc) is 2.92. The number of carbonyl (C=O) groups is 1. The quantitative estimate of drug-likeness (QED) is 0.675. The van der Waals surface area contributed by atoms with Crippen molar-refractivity contribution in [1.82, 2.24) is 4.98 Å². The molecule has 3 aromatic rings. The summed E-state index contributed by atoms with van der Waals surface area (Å²) in [5.41, 5.74) is 6.43. The Bertz CT molecular complexity index is 902. The molecule has 3 nitrogen and oxygen atoms in total. The van der Waals surface area contributed by atoms with E-state index >= 15 is 0 Å². The standard InChI is InChI=1S/C19H20N2OS.BrH/c1-11-5-7-15(13(3)9-11)16(22)10-20-19-21-18-14(4)12(2)6-8-17(18)23-19;/h5-9H,10H2,1-4H3,(H,20,21);1H/p-1. The fourth-order valence-corrected chi connectivity index (χ4v) is 3.60. The highest BCUT2D eigenvalue weighted by atomic mass is 79.9. The number of hydrogen-bond donors (Lipinski definition) is 1. The molecule has 0 aliphatic carbocycles. The molecule has 0 aliphatic heterocycles. The Balaban J connectivity index is 0.00000208. The van der Waals surface area contributed by atoms with Crippen LogP contribution in [0.4, 0.5) is 5.13 Å². The number of thiazole rings is 1. The van der Waals surface area contributed by atoms with E-state index < -0.39 is 0 Å². The Kier molecular flexibility index (Phi) is 5.78. The van der Waals surface area contributed by atoms with Gasteiger partial charge in [0.05, 0.1) is 16.8 Å². The molecule has 1 N–H and O–H groups in total. The van der Waals surface area contributed by atoms with Gasteiger partial charge in [-0.15, -0.1) is 0 Å². The van der Waals surface area contributed by atoms with Crippen molar-refractivity contribution < 1.29 is 21.8 Å². The van der Waals surface area contributed by atoms with Gasteiger partial charge in [-0.25, -0.2) is 4.98 Å². The van der Waals surface area contributed by atoms with Gasteiger partial charge >= 0.3 is 0 Å². The van der Waals surface area contributed by atoms with Gasteiger partial charge in [0.1, 0.15) is 0 Å². The Morgan fingerprint density at radius 1 is 1.08 bits per heavy atom. The van der Waals surface area contributed by atoms with Crippen molar-refractivity contribution in [2.75, 3.05) is 11.9 Å². The fraction of sp³-hybridized carbons (Fsp3) is 0.263. The first-order valence-electron chi connectivity index (χ1n) is 7.67. The molecule has 0 aliphatic rings. The Labute approximate surface area is 156 Å². The lowest BCUT2D eigenvalue weighted by atomic mass is 10.0. The average molecular weight is 404 g/mol. The number of aromatic nitrogens is 1. The summed E-state index contributed by atoms with van der Waals surface area (Å²) in [5, 5.41) is 3.98.